The number of nitrogens with two attached hydrogens (primary N) is 1. The van der Waals surface area contributed by atoms with E-state index in [0.29, 0.717) is 6.42 Å². The topological polar surface area (TPSA) is 38.0 Å². The second kappa shape index (κ2) is 5.93. The van der Waals surface area contributed by atoms with E-state index in [1.54, 1.807) is 0 Å². The molecular weight excluding hydrogens is 272 g/mol. The van der Waals surface area contributed by atoms with Gasteiger partial charge in [-0.25, -0.2) is 9.82 Å². The lowest BCUT2D eigenvalue weighted by Gasteiger charge is -2.24. The molecule has 1 atom stereocenters. The summed E-state index contributed by atoms with van der Waals surface area (Å²) in [6.45, 7) is 0. The summed E-state index contributed by atoms with van der Waals surface area (Å²) in [7, 11) is 0. The first-order valence-corrected chi connectivity index (χ1v) is 6.45. The van der Waals surface area contributed by atoms with Gasteiger partial charge in [0.1, 0.15) is 5.82 Å². The fourth-order valence-electron chi connectivity index (χ4n) is 2.46. The van der Waals surface area contributed by atoms with Crippen LogP contribution in [0, 0.1) is 5.82 Å². The van der Waals surface area contributed by atoms with Crippen LogP contribution in [0.2, 0.25) is 0 Å². The number of rotatable bonds is 3. The van der Waals surface area contributed by atoms with Gasteiger partial charge in [0.25, 0.3) is 0 Å². The van der Waals surface area contributed by atoms with Gasteiger partial charge in [0, 0.05) is 5.56 Å². The van der Waals surface area contributed by atoms with Crippen LogP contribution in [0.1, 0.15) is 42.9 Å². The molecule has 1 aromatic rings. The molecule has 0 saturated heterocycles. The zero-order chi connectivity index (χ0) is 14.8. The Hall–Kier alpha value is -1.40. The van der Waals surface area contributed by atoms with Gasteiger partial charge in [0.2, 0.25) is 0 Å². The van der Waals surface area contributed by atoms with Crippen LogP contribution < -0.4 is 11.3 Å². The summed E-state index contributed by atoms with van der Waals surface area (Å²) in [5.74, 6) is 4.74. The van der Waals surface area contributed by atoms with Crippen LogP contribution in [-0.2, 0) is 6.18 Å². The maximum atomic E-state index is 13.9. The third-order valence-corrected chi connectivity index (χ3v) is 3.50. The minimum absolute atomic E-state index is 0.0597. The van der Waals surface area contributed by atoms with Crippen molar-refractivity contribution in [3.63, 3.8) is 0 Å². The molecule has 110 valence electrons. The number of nitrogens with one attached hydrogen (secondary N) is 1. The summed E-state index contributed by atoms with van der Waals surface area (Å²) < 4.78 is 52.0. The van der Waals surface area contributed by atoms with Gasteiger partial charge in [0.05, 0.1) is 11.6 Å². The molecule has 1 aromatic carbocycles. The Balaban J connectivity index is 2.40. The van der Waals surface area contributed by atoms with E-state index in [1.165, 1.54) is 0 Å². The fraction of sp³-hybridized carbons (Fsp3) is 0.429. The largest absolute Gasteiger partial charge is 0.416 e. The van der Waals surface area contributed by atoms with E-state index < -0.39 is 23.6 Å². The second-order valence-electron chi connectivity index (χ2n) is 4.86. The number of halogens is 4. The van der Waals surface area contributed by atoms with Gasteiger partial charge < -0.3 is 0 Å². The molecule has 0 aliphatic heterocycles. The first kappa shape index (κ1) is 15.0. The predicted molar refractivity (Wildman–Crippen MR) is 68.0 cm³/mol. The maximum Gasteiger partial charge on any atom is 0.416 e. The quantitative estimate of drug-likeness (QED) is 0.384. The summed E-state index contributed by atoms with van der Waals surface area (Å²) >= 11 is 0. The Labute approximate surface area is 114 Å². The van der Waals surface area contributed by atoms with Crippen molar-refractivity contribution in [2.45, 2.75) is 37.9 Å². The number of allylic oxidation sites excluding steroid dienone is 1. The highest BCUT2D eigenvalue weighted by atomic mass is 19.4. The van der Waals surface area contributed by atoms with E-state index in [-0.39, 0.29) is 5.56 Å². The van der Waals surface area contributed by atoms with Crippen molar-refractivity contribution in [1.29, 1.82) is 0 Å². The molecule has 0 aromatic heterocycles. The van der Waals surface area contributed by atoms with Gasteiger partial charge >= 0.3 is 6.18 Å². The van der Waals surface area contributed by atoms with Gasteiger partial charge in [-0.05, 0) is 43.9 Å². The monoisotopic (exact) mass is 288 g/mol. The van der Waals surface area contributed by atoms with Gasteiger partial charge in [-0.2, -0.15) is 13.2 Å². The van der Waals surface area contributed by atoms with E-state index in [4.69, 9.17) is 5.84 Å². The van der Waals surface area contributed by atoms with Crippen molar-refractivity contribution in [2.75, 3.05) is 0 Å². The Kier molecular flexibility index (Phi) is 4.45. The number of hydrogen-bond donors (Lipinski definition) is 2. The van der Waals surface area contributed by atoms with Crippen molar-refractivity contribution in [3.8, 4) is 0 Å². The van der Waals surface area contributed by atoms with Gasteiger partial charge in [0.15, 0.2) is 0 Å². The van der Waals surface area contributed by atoms with Crippen molar-refractivity contribution in [3.05, 3.63) is 46.8 Å². The van der Waals surface area contributed by atoms with Crippen molar-refractivity contribution in [1.82, 2.24) is 5.43 Å². The molecule has 1 aliphatic carbocycles. The molecule has 1 aliphatic rings. The smallest absolute Gasteiger partial charge is 0.271 e. The summed E-state index contributed by atoms with van der Waals surface area (Å²) in [6, 6.07) is 1.70. The van der Waals surface area contributed by atoms with E-state index in [1.807, 2.05) is 6.08 Å². The lowest BCUT2D eigenvalue weighted by molar-refractivity contribution is -0.137. The van der Waals surface area contributed by atoms with Gasteiger partial charge in [-0.1, -0.05) is 11.6 Å². The lowest BCUT2D eigenvalue weighted by atomic mass is 9.89. The van der Waals surface area contributed by atoms with Crippen molar-refractivity contribution < 1.29 is 17.6 Å². The van der Waals surface area contributed by atoms with Crippen LogP contribution in [0.15, 0.2) is 29.8 Å². The standard InChI is InChI=1S/C14H16F4N2/c15-12-7-6-10(14(16,17)18)8-11(12)13(20-19)9-4-2-1-3-5-9/h4,6-8,13,20H,1-3,5,19H2. The molecule has 0 amide bonds. The van der Waals surface area contributed by atoms with Crippen LogP contribution in [0.5, 0.6) is 0 Å². The van der Waals surface area contributed by atoms with E-state index in [2.05, 4.69) is 5.43 Å². The van der Waals surface area contributed by atoms with Crippen LogP contribution in [-0.4, -0.2) is 0 Å². The van der Waals surface area contributed by atoms with E-state index in [0.717, 1.165) is 43.0 Å². The summed E-state index contributed by atoms with van der Waals surface area (Å²) in [6.07, 6.45) is 0.950. The Morgan fingerprint density at radius 2 is 1.95 bits per heavy atom. The van der Waals surface area contributed by atoms with Crippen LogP contribution in [0.4, 0.5) is 17.6 Å². The molecule has 0 bridgehead atoms. The molecule has 1 unspecified atom stereocenters. The van der Waals surface area contributed by atoms with Crippen molar-refractivity contribution in [2.24, 2.45) is 5.84 Å². The summed E-state index contributed by atoms with van der Waals surface area (Å²) in [4.78, 5) is 0. The molecule has 20 heavy (non-hydrogen) atoms. The zero-order valence-corrected chi connectivity index (χ0v) is 10.8. The Morgan fingerprint density at radius 3 is 2.50 bits per heavy atom. The SMILES string of the molecule is NNC(C1=CCCCC1)c1cc(C(F)(F)F)ccc1F. The normalized spacial score (nSPS) is 17.8. The number of alkyl halides is 3. The minimum Gasteiger partial charge on any atom is -0.271 e. The molecular formula is C14H16F4N2. The third-order valence-electron chi connectivity index (χ3n) is 3.50. The molecule has 0 fully saturated rings. The fourth-order valence-corrected chi connectivity index (χ4v) is 2.46. The van der Waals surface area contributed by atoms with E-state index >= 15 is 0 Å². The molecule has 2 nitrogen and oxygen atoms in total. The van der Waals surface area contributed by atoms with Gasteiger partial charge in [-0.15, -0.1) is 0 Å². The lowest BCUT2D eigenvalue weighted by Crippen LogP contribution is -2.31. The molecule has 0 spiro atoms. The van der Waals surface area contributed by atoms with Crippen molar-refractivity contribution >= 4 is 0 Å². The third kappa shape index (κ3) is 3.19. The van der Waals surface area contributed by atoms with Gasteiger partial charge in [-0.3, -0.25) is 5.84 Å². The summed E-state index contributed by atoms with van der Waals surface area (Å²) in [5.41, 5.74) is 2.35. The first-order chi connectivity index (χ1) is 9.43. The number of hydrazine groups is 1. The predicted octanol–water partition coefficient (Wildman–Crippen LogP) is 3.85. The number of benzene rings is 1. The maximum absolute atomic E-state index is 13.9. The molecule has 0 radical (unpaired) electrons. The van der Waals surface area contributed by atoms with E-state index in [9.17, 15) is 17.6 Å². The average Bonchev–Trinajstić information content (AvgIpc) is 2.41. The molecule has 0 heterocycles. The first-order valence-electron chi connectivity index (χ1n) is 6.45. The van der Waals surface area contributed by atoms with Crippen LogP contribution in [0.25, 0.3) is 0 Å². The Bertz CT molecular complexity index is 508. The zero-order valence-electron chi connectivity index (χ0n) is 10.8. The average molecular weight is 288 g/mol. The summed E-state index contributed by atoms with van der Waals surface area (Å²) in [5, 5.41) is 0. The number of hydrogen-bond acceptors (Lipinski definition) is 2. The molecule has 6 heteroatoms. The highest BCUT2D eigenvalue weighted by Gasteiger charge is 2.32. The second-order valence-corrected chi connectivity index (χ2v) is 4.86. The highest BCUT2D eigenvalue weighted by molar-refractivity contribution is 5.34. The molecule has 2 rings (SSSR count). The Morgan fingerprint density at radius 1 is 1.20 bits per heavy atom. The molecule has 0 saturated carbocycles. The molecule has 3 N–H and O–H groups in total. The van der Waals surface area contributed by atoms with Crippen LogP contribution in [0.3, 0.4) is 0 Å². The van der Waals surface area contributed by atoms with Crippen LogP contribution >= 0.6 is 0 Å². The highest BCUT2D eigenvalue weighted by Crippen LogP contribution is 2.35. The minimum atomic E-state index is -4.50.